The SMILES string of the molecule is O=C1C[C@@H](c2ccco2)CC2=C1[C@@H](c1ccccc1)n1c(nc3ccccc31)N2. The standard InChI is InChI=1S/C24H19N3O2/c28-20-14-16(21-11-6-12-29-21)13-18-22(20)23(15-7-2-1-3-8-15)27-19-10-5-4-9-17(19)25-24(27)26-18/h1-12,16,23H,13-14H2,(H,25,26)/t16-,23+/m0/s1. The number of hydrogen-bond donors (Lipinski definition) is 1. The van der Waals surface area contributed by atoms with Crippen molar-refractivity contribution < 1.29 is 9.21 Å². The zero-order chi connectivity index (χ0) is 19.4. The van der Waals surface area contributed by atoms with Gasteiger partial charge in [-0.2, -0.15) is 0 Å². The van der Waals surface area contributed by atoms with Gasteiger partial charge in [0.1, 0.15) is 5.76 Å². The van der Waals surface area contributed by atoms with Gasteiger partial charge in [0, 0.05) is 23.6 Å². The Kier molecular flexibility index (Phi) is 3.50. The third kappa shape index (κ3) is 2.47. The molecule has 2 aromatic carbocycles. The van der Waals surface area contributed by atoms with Gasteiger partial charge in [-0.1, -0.05) is 42.5 Å². The Bertz CT molecular complexity index is 1250. The molecule has 5 nitrogen and oxygen atoms in total. The second kappa shape index (κ2) is 6.21. The van der Waals surface area contributed by atoms with Gasteiger partial charge in [0.05, 0.1) is 23.3 Å². The van der Waals surface area contributed by atoms with Gasteiger partial charge in [-0.05, 0) is 36.2 Å². The molecular weight excluding hydrogens is 362 g/mol. The van der Waals surface area contributed by atoms with E-state index in [1.54, 1.807) is 6.26 Å². The van der Waals surface area contributed by atoms with E-state index in [4.69, 9.17) is 9.40 Å². The zero-order valence-corrected chi connectivity index (χ0v) is 15.7. The van der Waals surface area contributed by atoms with Crippen LogP contribution in [0.15, 0.2) is 88.7 Å². The Balaban J connectivity index is 1.56. The normalized spacial score (nSPS) is 21.0. The number of carbonyl (C=O) groups is 1. The number of nitrogens with one attached hydrogen (secondary N) is 1. The fraction of sp³-hybridized carbons (Fsp3) is 0.167. The summed E-state index contributed by atoms with van der Waals surface area (Å²) in [6.45, 7) is 0. The van der Waals surface area contributed by atoms with Crippen molar-refractivity contribution in [3.05, 3.63) is 95.6 Å². The Morgan fingerprint density at radius 3 is 2.62 bits per heavy atom. The molecule has 0 bridgehead atoms. The third-order valence-corrected chi connectivity index (χ3v) is 5.96. The Hall–Kier alpha value is -3.60. The molecule has 142 valence electrons. The van der Waals surface area contributed by atoms with Crippen molar-refractivity contribution in [2.24, 2.45) is 0 Å². The molecule has 0 unspecified atom stereocenters. The molecule has 2 atom stereocenters. The molecule has 0 radical (unpaired) electrons. The van der Waals surface area contributed by atoms with Crippen LogP contribution in [0.3, 0.4) is 0 Å². The number of furan rings is 1. The summed E-state index contributed by atoms with van der Waals surface area (Å²) < 4.78 is 7.77. The Morgan fingerprint density at radius 2 is 1.79 bits per heavy atom. The number of benzene rings is 2. The maximum absolute atomic E-state index is 13.4. The topological polar surface area (TPSA) is 60.1 Å². The van der Waals surface area contributed by atoms with E-state index in [1.165, 1.54) is 0 Å². The monoisotopic (exact) mass is 381 g/mol. The van der Waals surface area contributed by atoms with Crippen LogP contribution in [0.1, 0.15) is 36.1 Å². The summed E-state index contributed by atoms with van der Waals surface area (Å²) in [5.74, 6) is 1.86. The molecule has 2 aliphatic rings. The van der Waals surface area contributed by atoms with Gasteiger partial charge in [0.15, 0.2) is 5.78 Å². The van der Waals surface area contributed by atoms with Crippen molar-refractivity contribution in [3.63, 3.8) is 0 Å². The van der Waals surface area contributed by atoms with Gasteiger partial charge in [0.2, 0.25) is 5.95 Å². The number of carbonyl (C=O) groups excluding carboxylic acids is 1. The summed E-state index contributed by atoms with van der Waals surface area (Å²) in [6, 6.07) is 22.0. The highest BCUT2D eigenvalue weighted by Crippen LogP contribution is 2.45. The molecule has 6 rings (SSSR count). The van der Waals surface area contributed by atoms with Crippen molar-refractivity contribution in [2.75, 3.05) is 5.32 Å². The van der Waals surface area contributed by atoms with Gasteiger partial charge in [-0.15, -0.1) is 0 Å². The number of fused-ring (bicyclic) bond motifs is 3. The van der Waals surface area contributed by atoms with E-state index < -0.39 is 0 Å². The van der Waals surface area contributed by atoms with Crippen LogP contribution in [-0.2, 0) is 4.79 Å². The summed E-state index contributed by atoms with van der Waals surface area (Å²) >= 11 is 0. The average Bonchev–Trinajstić information content (AvgIpc) is 3.40. The quantitative estimate of drug-likeness (QED) is 0.528. The highest BCUT2D eigenvalue weighted by Gasteiger charge is 2.40. The minimum Gasteiger partial charge on any atom is -0.469 e. The second-order valence-corrected chi connectivity index (χ2v) is 7.67. The molecule has 0 spiro atoms. The van der Waals surface area contributed by atoms with Crippen LogP contribution in [-0.4, -0.2) is 15.3 Å². The lowest BCUT2D eigenvalue weighted by atomic mass is 9.79. The van der Waals surface area contributed by atoms with Crippen LogP contribution in [0.2, 0.25) is 0 Å². The van der Waals surface area contributed by atoms with Crippen molar-refractivity contribution >= 4 is 22.8 Å². The van der Waals surface area contributed by atoms with E-state index in [2.05, 4.69) is 28.1 Å². The first-order chi connectivity index (χ1) is 14.3. The van der Waals surface area contributed by atoms with Crippen LogP contribution < -0.4 is 5.32 Å². The lowest BCUT2D eigenvalue weighted by Gasteiger charge is -2.35. The molecule has 0 saturated heterocycles. The minimum absolute atomic E-state index is 0.0519. The highest BCUT2D eigenvalue weighted by molar-refractivity contribution is 6.01. The molecule has 1 N–H and O–H groups in total. The van der Waals surface area contributed by atoms with Crippen molar-refractivity contribution in [2.45, 2.75) is 24.8 Å². The molecule has 4 aromatic rings. The van der Waals surface area contributed by atoms with Gasteiger partial charge in [0.25, 0.3) is 0 Å². The van der Waals surface area contributed by atoms with Gasteiger partial charge in [-0.25, -0.2) is 4.98 Å². The molecule has 0 saturated carbocycles. The van der Waals surface area contributed by atoms with E-state index >= 15 is 0 Å². The number of anilines is 1. The van der Waals surface area contributed by atoms with Crippen LogP contribution in [0.4, 0.5) is 5.95 Å². The van der Waals surface area contributed by atoms with Gasteiger partial charge >= 0.3 is 0 Å². The highest BCUT2D eigenvalue weighted by atomic mass is 16.3. The molecule has 0 amide bonds. The van der Waals surface area contributed by atoms with Crippen molar-refractivity contribution in [1.29, 1.82) is 0 Å². The second-order valence-electron chi connectivity index (χ2n) is 7.67. The van der Waals surface area contributed by atoms with Crippen molar-refractivity contribution in [3.8, 4) is 0 Å². The molecule has 5 heteroatoms. The Morgan fingerprint density at radius 1 is 0.966 bits per heavy atom. The number of para-hydroxylation sites is 2. The number of Topliss-reactive ketones (excluding diaryl/α,β-unsaturated/α-hetero) is 1. The van der Waals surface area contributed by atoms with E-state index in [9.17, 15) is 4.79 Å². The van der Waals surface area contributed by atoms with Crippen LogP contribution >= 0.6 is 0 Å². The van der Waals surface area contributed by atoms with E-state index in [0.29, 0.717) is 6.42 Å². The minimum atomic E-state index is -0.181. The van der Waals surface area contributed by atoms with Crippen LogP contribution in [0.5, 0.6) is 0 Å². The summed E-state index contributed by atoms with van der Waals surface area (Å²) in [4.78, 5) is 18.2. The number of hydrogen-bond acceptors (Lipinski definition) is 4. The third-order valence-electron chi connectivity index (χ3n) is 5.96. The predicted molar refractivity (Wildman–Crippen MR) is 111 cm³/mol. The number of allylic oxidation sites excluding steroid dienone is 2. The zero-order valence-electron chi connectivity index (χ0n) is 15.7. The van der Waals surface area contributed by atoms with Crippen LogP contribution in [0.25, 0.3) is 11.0 Å². The number of aromatic nitrogens is 2. The van der Waals surface area contributed by atoms with Crippen molar-refractivity contribution in [1.82, 2.24) is 9.55 Å². The molecule has 3 heterocycles. The maximum atomic E-state index is 13.4. The summed E-state index contributed by atoms with van der Waals surface area (Å²) in [7, 11) is 0. The number of ketones is 1. The fourth-order valence-electron chi connectivity index (χ4n) is 4.70. The number of rotatable bonds is 2. The molecule has 0 fully saturated rings. The lowest BCUT2D eigenvalue weighted by molar-refractivity contribution is -0.116. The summed E-state index contributed by atoms with van der Waals surface area (Å²) in [6.07, 6.45) is 2.87. The molecule has 1 aliphatic heterocycles. The average molecular weight is 381 g/mol. The van der Waals surface area contributed by atoms with Crippen LogP contribution in [0, 0.1) is 0 Å². The smallest absolute Gasteiger partial charge is 0.209 e. The summed E-state index contributed by atoms with van der Waals surface area (Å²) in [5, 5.41) is 3.48. The van der Waals surface area contributed by atoms with E-state index in [-0.39, 0.29) is 17.7 Å². The van der Waals surface area contributed by atoms with E-state index in [1.807, 2.05) is 48.5 Å². The predicted octanol–water partition coefficient (Wildman–Crippen LogP) is 5.05. The first kappa shape index (κ1) is 16.4. The van der Waals surface area contributed by atoms with Gasteiger partial charge < -0.3 is 9.73 Å². The lowest BCUT2D eigenvalue weighted by Crippen LogP contribution is -2.33. The first-order valence-electron chi connectivity index (χ1n) is 9.88. The largest absolute Gasteiger partial charge is 0.469 e. The molecule has 29 heavy (non-hydrogen) atoms. The first-order valence-corrected chi connectivity index (χ1v) is 9.88. The molecule has 2 aromatic heterocycles. The maximum Gasteiger partial charge on any atom is 0.209 e. The summed E-state index contributed by atoms with van der Waals surface area (Å²) in [5.41, 5.74) is 4.84. The molecule has 1 aliphatic carbocycles. The number of imidazole rings is 1. The molecular formula is C24H19N3O2. The number of nitrogens with zero attached hydrogens (tertiary/aromatic N) is 2. The Labute approximate surface area is 167 Å². The fourth-order valence-corrected chi connectivity index (χ4v) is 4.70. The van der Waals surface area contributed by atoms with Gasteiger partial charge in [-0.3, -0.25) is 9.36 Å². The van der Waals surface area contributed by atoms with E-state index in [0.717, 1.165) is 46.0 Å².